The molecule has 0 saturated carbocycles. The monoisotopic (exact) mass is 455 g/mol. The molecule has 1 amide bonds. The lowest BCUT2D eigenvalue weighted by atomic mass is 9.94. The molecule has 0 unspecified atom stereocenters. The Bertz CT molecular complexity index is 718. The quantitative estimate of drug-likeness (QED) is 0.537. The number of ether oxygens (including phenoxy) is 3. The van der Waals surface area contributed by atoms with Gasteiger partial charge in [-0.3, -0.25) is 9.59 Å². The molecule has 0 bridgehead atoms. The van der Waals surface area contributed by atoms with E-state index in [1.807, 2.05) is 24.3 Å². The van der Waals surface area contributed by atoms with Crippen molar-refractivity contribution in [3.05, 3.63) is 34.3 Å². The lowest BCUT2D eigenvalue weighted by molar-refractivity contribution is -0.240. The Kier molecular flexibility index (Phi) is 6.75. The van der Waals surface area contributed by atoms with Crippen LogP contribution in [-0.4, -0.2) is 35.5 Å². The largest absolute Gasteiger partial charge is 0.444 e. The minimum Gasteiger partial charge on any atom is -0.444 e. The number of cyclic esters (lactones) is 2. The second-order valence-corrected chi connectivity index (χ2v) is 9.12. The van der Waals surface area contributed by atoms with Crippen molar-refractivity contribution in [2.75, 3.05) is 0 Å². The summed E-state index contributed by atoms with van der Waals surface area (Å²) in [5.74, 6) is -3.71. The number of esters is 2. The number of carbonyl (C=O) groups is 3. The molecule has 1 heterocycles. The molecule has 1 fully saturated rings. The van der Waals surface area contributed by atoms with Gasteiger partial charge in [0.25, 0.3) is 5.79 Å². The summed E-state index contributed by atoms with van der Waals surface area (Å²) in [5.41, 5.74) is 0.265. The van der Waals surface area contributed by atoms with Crippen LogP contribution in [0.5, 0.6) is 0 Å². The van der Waals surface area contributed by atoms with Crippen molar-refractivity contribution in [1.29, 1.82) is 0 Å². The van der Waals surface area contributed by atoms with Crippen LogP contribution in [0, 0.1) is 5.92 Å². The van der Waals surface area contributed by atoms with E-state index in [0.29, 0.717) is 6.42 Å². The molecule has 1 aromatic rings. The third-order valence-corrected chi connectivity index (χ3v) is 4.43. The Morgan fingerprint density at radius 3 is 2.21 bits per heavy atom. The average molecular weight is 456 g/mol. The molecule has 0 aromatic heterocycles. The van der Waals surface area contributed by atoms with Gasteiger partial charge in [-0.1, -0.05) is 28.1 Å². The molecule has 1 aliphatic rings. The first kappa shape index (κ1) is 22.2. The van der Waals surface area contributed by atoms with Crippen molar-refractivity contribution in [2.45, 2.75) is 64.9 Å². The molecule has 154 valence electrons. The van der Waals surface area contributed by atoms with Crippen molar-refractivity contribution >= 4 is 34.0 Å². The van der Waals surface area contributed by atoms with Crippen molar-refractivity contribution in [2.24, 2.45) is 5.92 Å². The number of carbonyl (C=O) groups excluding carboxylic acids is 3. The van der Waals surface area contributed by atoms with E-state index in [4.69, 9.17) is 14.2 Å². The number of rotatable bonds is 5. The van der Waals surface area contributed by atoms with Crippen LogP contribution in [0.1, 0.15) is 46.6 Å². The fourth-order valence-electron chi connectivity index (χ4n) is 2.79. The number of hydrogen-bond acceptors (Lipinski definition) is 6. The lowest BCUT2D eigenvalue weighted by Crippen LogP contribution is -2.49. The molecule has 1 saturated heterocycles. The van der Waals surface area contributed by atoms with Gasteiger partial charge < -0.3 is 19.5 Å². The standard InChI is InChI=1S/C20H26BrNO6/c1-19(2,3)28-18(25)22-14(10-12-6-8-13(21)9-7-12)11-15-16(23)26-20(4,5)27-17(15)24/h6-9,14-15H,10-11H2,1-5H3,(H,22,25)/t14-/m1/s1. The normalized spacial score (nSPS) is 18.1. The first-order chi connectivity index (χ1) is 12.8. The summed E-state index contributed by atoms with van der Waals surface area (Å²) in [6.07, 6.45) is -0.164. The molecular formula is C20H26BrNO6. The summed E-state index contributed by atoms with van der Waals surface area (Å²) in [7, 11) is 0. The summed E-state index contributed by atoms with van der Waals surface area (Å²) in [4.78, 5) is 36.8. The van der Waals surface area contributed by atoms with Crippen molar-refractivity contribution in [3.8, 4) is 0 Å². The third kappa shape index (κ3) is 6.82. The highest BCUT2D eigenvalue weighted by atomic mass is 79.9. The highest BCUT2D eigenvalue weighted by molar-refractivity contribution is 9.10. The highest BCUT2D eigenvalue weighted by Gasteiger charge is 2.44. The fraction of sp³-hybridized carbons (Fsp3) is 0.550. The van der Waals surface area contributed by atoms with Gasteiger partial charge in [0, 0.05) is 24.4 Å². The second kappa shape index (κ2) is 8.51. The summed E-state index contributed by atoms with van der Waals surface area (Å²) < 4.78 is 16.6. The number of halogens is 1. The highest BCUT2D eigenvalue weighted by Crippen LogP contribution is 2.27. The van der Waals surface area contributed by atoms with Gasteiger partial charge in [0.1, 0.15) is 5.60 Å². The van der Waals surface area contributed by atoms with Gasteiger partial charge in [0.05, 0.1) is 0 Å². The first-order valence-electron chi connectivity index (χ1n) is 9.04. The Labute approximate surface area is 173 Å². The molecule has 1 aromatic carbocycles. The molecule has 28 heavy (non-hydrogen) atoms. The van der Waals surface area contributed by atoms with Gasteiger partial charge in [0.2, 0.25) is 0 Å². The zero-order chi connectivity index (χ0) is 21.1. The van der Waals surface area contributed by atoms with E-state index in [-0.39, 0.29) is 6.42 Å². The van der Waals surface area contributed by atoms with Gasteiger partial charge in [-0.05, 0) is 51.3 Å². The second-order valence-electron chi connectivity index (χ2n) is 8.20. The summed E-state index contributed by atoms with van der Waals surface area (Å²) in [6.45, 7) is 8.27. The smallest absolute Gasteiger partial charge is 0.407 e. The maximum atomic E-state index is 12.3. The number of benzene rings is 1. The van der Waals surface area contributed by atoms with Crippen molar-refractivity contribution in [1.82, 2.24) is 5.32 Å². The van der Waals surface area contributed by atoms with Gasteiger partial charge >= 0.3 is 18.0 Å². The molecule has 0 aliphatic carbocycles. The molecular weight excluding hydrogens is 430 g/mol. The Morgan fingerprint density at radius 2 is 1.71 bits per heavy atom. The van der Waals surface area contributed by atoms with Gasteiger partial charge in [-0.15, -0.1) is 0 Å². The van der Waals surface area contributed by atoms with E-state index in [2.05, 4.69) is 21.2 Å². The van der Waals surface area contributed by atoms with Gasteiger partial charge in [0.15, 0.2) is 5.92 Å². The van der Waals surface area contributed by atoms with E-state index in [9.17, 15) is 14.4 Å². The summed E-state index contributed by atoms with van der Waals surface area (Å²) in [5, 5.41) is 2.76. The van der Waals surface area contributed by atoms with Crippen LogP contribution in [0.15, 0.2) is 28.7 Å². The molecule has 8 heteroatoms. The molecule has 7 nitrogen and oxygen atoms in total. The van der Waals surface area contributed by atoms with Crippen LogP contribution < -0.4 is 5.32 Å². The zero-order valence-corrected chi connectivity index (χ0v) is 18.3. The first-order valence-corrected chi connectivity index (χ1v) is 9.83. The van der Waals surface area contributed by atoms with E-state index < -0.39 is 41.4 Å². The minimum absolute atomic E-state index is 0.0447. The molecule has 1 aliphatic heterocycles. The molecule has 1 atom stereocenters. The fourth-order valence-corrected chi connectivity index (χ4v) is 3.06. The molecule has 2 rings (SSSR count). The SMILES string of the molecule is CC(C)(C)OC(=O)N[C@H](Cc1ccc(Br)cc1)CC1C(=O)OC(C)(C)OC1=O. The Balaban J connectivity index is 2.15. The van der Waals surface area contributed by atoms with Crippen LogP contribution in [0.25, 0.3) is 0 Å². The zero-order valence-electron chi connectivity index (χ0n) is 16.7. The van der Waals surface area contributed by atoms with E-state index in [1.54, 1.807) is 20.8 Å². The third-order valence-electron chi connectivity index (χ3n) is 3.90. The van der Waals surface area contributed by atoms with E-state index in [1.165, 1.54) is 13.8 Å². The number of amides is 1. The van der Waals surface area contributed by atoms with E-state index >= 15 is 0 Å². The average Bonchev–Trinajstić information content (AvgIpc) is 2.50. The summed E-state index contributed by atoms with van der Waals surface area (Å²) >= 11 is 3.38. The predicted molar refractivity (Wildman–Crippen MR) is 105 cm³/mol. The molecule has 0 spiro atoms. The minimum atomic E-state index is -1.29. The van der Waals surface area contributed by atoms with Gasteiger partial charge in [-0.25, -0.2) is 4.79 Å². The molecule has 1 N–H and O–H groups in total. The van der Waals surface area contributed by atoms with Crippen molar-refractivity contribution in [3.63, 3.8) is 0 Å². The lowest BCUT2D eigenvalue weighted by Gasteiger charge is -2.34. The van der Waals surface area contributed by atoms with Crippen LogP contribution in [0.3, 0.4) is 0 Å². The maximum absolute atomic E-state index is 12.3. The van der Waals surface area contributed by atoms with Crippen molar-refractivity contribution < 1.29 is 28.6 Å². The number of hydrogen-bond donors (Lipinski definition) is 1. The van der Waals surface area contributed by atoms with Crippen LogP contribution >= 0.6 is 15.9 Å². The Hall–Kier alpha value is -2.09. The molecule has 0 radical (unpaired) electrons. The number of alkyl carbamates (subject to hydrolysis) is 1. The summed E-state index contributed by atoms with van der Waals surface area (Å²) in [6, 6.07) is 7.03. The van der Waals surface area contributed by atoms with Crippen LogP contribution in [0.2, 0.25) is 0 Å². The predicted octanol–water partition coefficient (Wildman–Crippen LogP) is 3.73. The van der Waals surface area contributed by atoms with Crippen LogP contribution in [0.4, 0.5) is 4.79 Å². The van der Waals surface area contributed by atoms with E-state index in [0.717, 1.165) is 10.0 Å². The number of nitrogens with one attached hydrogen (secondary N) is 1. The Morgan fingerprint density at radius 1 is 1.18 bits per heavy atom. The maximum Gasteiger partial charge on any atom is 0.407 e. The van der Waals surface area contributed by atoms with Crippen LogP contribution in [-0.2, 0) is 30.2 Å². The topological polar surface area (TPSA) is 90.9 Å². The van der Waals surface area contributed by atoms with Gasteiger partial charge in [-0.2, -0.15) is 0 Å².